The number of rotatable bonds is 3. The first-order chi connectivity index (χ1) is 8.19. The van der Waals surface area contributed by atoms with Crippen molar-refractivity contribution in [3.8, 4) is 11.8 Å². The van der Waals surface area contributed by atoms with Crippen LogP contribution in [0.3, 0.4) is 0 Å². The van der Waals surface area contributed by atoms with Crippen molar-refractivity contribution < 1.29 is 13.9 Å². The van der Waals surface area contributed by atoms with E-state index in [4.69, 9.17) is 16.3 Å². The Balaban J connectivity index is 2.22. The molecule has 0 N–H and O–H groups in total. The van der Waals surface area contributed by atoms with Crippen molar-refractivity contribution in [3.05, 3.63) is 47.0 Å². The van der Waals surface area contributed by atoms with Gasteiger partial charge in [0, 0.05) is 17.4 Å². The molecule has 0 aliphatic carbocycles. The molecule has 1 aromatic heterocycles. The van der Waals surface area contributed by atoms with Gasteiger partial charge in [0.2, 0.25) is 0 Å². The number of halogens is 2. The first-order valence-corrected chi connectivity index (χ1v) is 4.97. The molecule has 0 atom stereocenters. The Morgan fingerprint density at radius 2 is 2.00 bits per heavy atom. The molecule has 2 rings (SSSR count). The van der Waals surface area contributed by atoms with Crippen LogP contribution < -0.4 is 4.74 Å². The first kappa shape index (κ1) is 11.5. The molecule has 0 spiro atoms. The highest BCUT2D eigenvalue weighted by Gasteiger charge is 2.07. The van der Waals surface area contributed by atoms with Crippen LogP contribution in [0.5, 0.6) is 11.8 Å². The molecule has 0 bridgehead atoms. The number of aldehydes is 1. The Morgan fingerprint density at radius 1 is 1.29 bits per heavy atom. The van der Waals surface area contributed by atoms with E-state index in [9.17, 15) is 9.18 Å². The predicted molar refractivity (Wildman–Crippen MR) is 58.9 cm³/mol. The zero-order valence-electron chi connectivity index (χ0n) is 8.43. The second-order valence-electron chi connectivity index (χ2n) is 3.09. The van der Waals surface area contributed by atoms with Gasteiger partial charge in [0.25, 0.3) is 0 Å². The van der Waals surface area contributed by atoms with Gasteiger partial charge in [0.05, 0.1) is 5.56 Å². The standard InChI is InChI=1S/C11H6ClFN2O2/c12-8-1-2-10(9(13)3-8)17-11-14-4-7(6-16)5-15-11/h1-6H. The molecule has 86 valence electrons. The maximum atomic E-state index is 13.4. The summed E-state index contributed by atoms with van der Waals surface area (Å²) in [5.41, 5.74) is 0.314. The quantitative estimate of drug-likeness (QED) is 0.788. The van der Waals surface area contributed by atoms with Gasteiger partial charge in [-0.2, -0.15) is 0 Å². The number of ether oxygens (including phenoxy) is 1. The van der Waals surface area contributed by atoms with Gasteiger partial charge >= 0.3 is 6.01 Å². The summed E-state index contributed by atoms with van der Waals surface area (Å²) in [6, 6.07) is 3.93. The summed E-state index contributed by atoms with van der Waals surface area (Å²) in [7, 11) is 0. The van der Waals surface area contributed by atoms with Crippen LogP contribution in [-0.2, 0) is 0 Å². The molecule has 0 radical (unpaired) electrons. The summed E-state index contributed by atoms with van der Waals surface area (Å²) in [4.78, 5) is 17.9. The van der Waals surface area contributed by atoms with E-state index in [2.05, 4.69) is 9.97 Å². The Bertz CT molecular complexity index is 546. The molecule has 0 fully saturated rings. The molecular formula is C11H6ClFN2O2. The van der Waals surface area contributed by atoms with Crippen molar-refractivity contribution >= 4 is 17.9 Å². The monoisotopic (exact) mass is 252 g/mol. The SMILES string of the molecule is O=Cc1cnc(Oc2ccc(Cl)cc2F)nc1. The minimum Gasteiger partial charge on any atom is -0.421 e. The van der Waals surface area contributed by atoms with Gasteiger partial charge < -0.3 is 4.74 Å². The third-order valence-electron chi connectivity index (χ3n) is 1.88. The van der Waals surface area contributed by atoms with Gasteiger partial charge in [-0.3, -0.25) is 4.79 Å². The Morgan fingerprint density at radius 3 is 2.59 bits per heavy atom. The smallest absolute Gasteiger partial charge is 0.322 e. The molecule has 17 heavy (non-hydrogen) atoms. The number of nitrogens with zero attached hydrogens (tertiary/aromatic N) is 2. The molecular weight excluding hydrogens is 247 g/mol. The molecule has 0 aliphatic heterocycles. The van der Waals surface area contributed by atoms with Gasteiger partial charge in [0.1, 0.15) is 0 Å². The minimum absolute atomic E-state index is 0.0340. The fraction of sp³-hybridized carbons (Fsp3) is 0. The highest BCUT2D eigenvalue weighted by molar-refractivity contribution is 6.30. The van der Waals surface area contributed by atoms with Crippen LogP contribution >= 0.6 is 11.6 Å². The van der Waals surface area contributed by atoms with Crippen molar-refractivity contribution in [1.82, 2.24) is 9.97 Å². The maximum Gasteiger partial charge on any atom is 0.322 e. The number of carbonyl (C=O) groups is 1. The van der Waals surface area contributed by atoms with E-state index in [1.54, 1.807) is 0 Å². The van der Waals surface area contributed by atoms with E-state index in [1.165, 1.54) is 24.5 Å². The highest BCUT2D eigenvalue weighted by Crippen LogP contribution is 2.24. The van der Waals surface area contributed by atoms with E-state index in [0.717, 1.165) is 6.07 Å². The van der Waals surface area contributed by atoms with Crippen molar-refractivity contribution in [2.45, 2.75) is 0 Å². The lowest BCUT2D eigenvalue weighted by Gasteiger charge is -2.04. The number of benzene rings is 1. The third kappa shape index (κ3) is 2.76. The first-order valence-electron chi connectivity index (χ1n) is 4.59. The third-order valence-corrected chi connectivity index (χ3v) is 2.11. The van der Waals surface area contributed by atoms with Crippen LogP contribution in [0, 0.1) is 5.82 Å². The van der Waals surface area contributed by atoms with Crippen LogP contribution in [0.4, 0.5) is 4.39 Å². The second kappa shape index (κ2) is 4.88. The Hall–Kier alpha value is -2.01. The van der Waals surface area contributed by atoms with E-state index in [1.807, 2.05) is 0 Å². The summed E-state index contributed by atoms with van der Waals surface area (Å²) in [5.74, 6) is -0.645. The maximum absolute atomic E-state index is 13.4. The lowest BCUT2D eigenvalue weighted by Crippen LogP contribution is -1.94. The van der Waals surface area contributed by atoms with Gasteiger partial charge in [-0.25, -0.2) is 14.4 Å². The molecule has 6 heteroatoms. The van der Waals surface area contributed by atoms with Crippen molar-refractivity contribution in [3.63, 3.8) is 0 Å². The summed E-state index contributed by atoms with van der Waals surface area (Å²) in [6.07, 6.45) is 3.17. The molecule has 1 aromatic carbocycles. The zero-order chi connectivity index (χ0) is 12.3. The predicted octanol–water partition coefficient (Wildman–Crippen LogP) is 2.87. The second-order valence-corrected chi connectivity index (χ2v) is 3.53. The van der Waals surface area contributed by atoms with Gasteiger partial charge in [-0.1, -0.05) is 11.6 Å². The average Bonchev–Trinajstić information content (AvgIpc) is 2.34. The Labute approximate surface area is 101 Å². The van der Waals surface area contributed by atoms with E-state index < -0.39 is 5.82 Å². The number of carbonyl (C=O) groups excluding carboxylic acids is 1. The van der Waals surface area contributed by atoms with Crippen LogP contribution in [0.1, 0.15) is 10.4 Å². The normalized spacial score (nSPS) is 10.0. The number of aromatic nitrogens is 2. The summed E-state index contributed by atoms with van der Waals surface area (Å²) in [6.45, 7) is 0. The Kier molecular flexibility index (Phi) is 3.30. The van der Waals surface area contributed by atoms with Gasteiger partial charge in [0.15, 0.2) is 17.9 Å². The molecule has 2 aromatic rings. The lowest BCUT2D eigenvalue weighted by molar-refractivity contribution is 0.112. The van der Waals surface area contributed by atoms with Crippen molar-refractivity contribution in [2.75, 3.05) is 0 Å². The van der Waals surface area contributed by atoms with Crippen molar-refractivity contribution in [1.29, 1.82) is 0 Å². The van der Waals surface area contributed by atoms with E-state index in [0.29, 0.717) is 11.8 Å². The van der Waals surface area contributed by atoms with E-state index in [-0.39, 0.29) is 16.8 Å². The lowest BCUT2D eigenvalue weighted by atomic mass is 10.3. The fourth-order valence-electron chi connectivity index (χ4n) is 1.10. The average molecular weight is 253 g/mol. The van der Waals surface area contributed by atoms with Crippen LogP contribution in [0.15, 0.2) is 30.6 Å². The van der Waals surface area contributed by atoms with Crippen LogP contribution in [0.2, 0.25) is 5.02 Å². The molecule has 0 amide bonds. The van der Waals surface area contributed by atoms with E-state index >= 15 is 0 Å². The fourth-order valence-corrected chi connectivity index (χ4v) is 1.25. The molecule has 0 unspecified atom stereocenters. The zero-order valence-corrected chi connectivity index (χ0v) is 9.19. The van der Waals surface area contributed by atoms with Crippen LogP contribution in [0.25, 0.3) is 0 Å². The molecule has 0 saturated carbocycles. The minimum atomic E-state index is -0.611. The number of hydrogen-bond donors (Lipinski definition) is 0. The highest BCUT2D eigenvalue weighted by atomic mass is 35.5. The topological polar surface area (TPSA) is 52.1 Å². The van der Waals surface area contributed by atoms with Gasteiger partial charge in [-0.05, 0) is 18.2 Å². The molecule has 0 aliphatic rings. The molecule has 0 saturated heterocycles. The number of hydrogen-bond acceptors (Lipinski definition) is 4. The summed E-state index contributed by atoms with van der Waals surface area (Å²) in [5, 5.41) is 0.270. The summed E-state index contributed by atoms with van der Waals surface area (Å²) >= 11 is 5.59. The van der Waals surface area contributed by atoms with Crippen LogP contribution in [-0.4, -0.2) is 16.3 Å². The largest absolute Gasteiger partial charge is 0.421 e. The van der Waals surface area contributed by atoms with Gasteiger partial charge in [-0.15, -0.1) is 0 Å². The van der Waals surface area contributed by atoms with Crippen molar-refractivity contribution in [2.24, 2.45) is 0 Å². The molecule has 1 heterocycles. The summed E-state index contributed by atoms with van der Waals surface area (Å²) < 4.78 is 18.5. The molecule has 4 nitrogen and oxygen atoms in total.